The molecule has 0 spiro atoms. The SMILES string of the molecule is O=CC(Cc1ccccc1)NC(=O)c1ccccc1NC(=O)c1cccnc1. The highest BCUT2D eigenvalue weighted by Gasteiger charge is 2.18. The van der Waals surface area contributed by atoms with E-state index in [1.165, 1.54) is 6.20 Å². The van der Waals surface area contributed by atoms with Gasteiger partial charge in [-0.1, -0.05) is 42.5 Å². The molecule has 1 aromatic heterocycles. The monoisotopic (exact) mass is 373 g/mol. The number of amides is 2. The molecule has 6 nitrogen and oxygen atoms in total. The van der Waals surface area contributed by atoms with E-state index >= 15 is 0 Å². The third-order valence-corrected chi connectivity index (χ3v) is 4.12. The van der Waals surface area contributed by atoms with Crippen LogP contribution in [0.4, 0.5) is 5.69 Å². The standard InChI is InChI=1S/C22H19N3O3/c26-15-18(13-16-7-2-1-3-8-16)24-22(28)19-10-4-5-11-20(19)25-21(27)17-9-6-12-23-14-17/h1-12,14-15,18H,13H2,(H,24,28)(H,25,27). The number of benzene rings is 2. The Labute approximate surface area is 162 Å². The molecule has 2 amide bonds. The van der Waals surface area contributed by atoms with Gasteiger partial charge in [0.25, 0.3) is 11.8 Å². The summed E-state index contributed by atoms with van der Waals surface area (Å²) in [4.78, 5) is 40.4. The number of para-hydroxylation sites is 1. The van der Waals surface area contributed by atoms with Crippen LogP contribution in [0.3, 0.4) is 0 Å². The van der Waals surface area contributed by atoms with Gasteiger partial charge in [-0.2, -0.15) is 0 Å². The molecular formula is C22H19N3O3. The lowest BCUT2D eigenvalue weighted by Gasteiger charge is -2.15. The lowest BCUT2D eigenvalue weighted by atomic mass is 10.1. The van der Waals surface area contributed by atoms with E-state index in [0.717, 1.165) is 5.56 Å². The molecule has 140 valence electrons. The minimum Gasteiger partial charge on any atom is -0.342 e. The summed E-state index contributed by atoms with van der Waals surface area (Å²) in [6, 6.07) is 18.7. The molecule has 6 heteroatoms. The number of carbonyl (C=O) groups excluding carboxylic acids is 3. The molecule has 2 aromatic carbocycles. The van der Waals surface area contributed by atoms with Crippen molar-refractivity contribution in [3.63, 3.8) is 0 Å². The third-order valence-electron chi connectivity index (χ3n) is 4.12. The highest BCUT2D eigenvalue weighted by molar-refractivity contribution is 6.09. The predicted molar refractivity (Wildman–Crippen MR) is 106 cm³/mol. The molecule has 0 aliphatic heterocycles. The normalized spacial score (nSPS) is 11.3. The molecule has 1 heterocycles. The number of carbonyl (C=O) groups is 3. The lowest BCUT2D eigenvalue weighted by Crippen LogP contribution is -2.38. The number of nitrogens with zero attached hydrogens (tertiary/aromatic N) is 1. The van der Waals surface area contributed by atoms with Crippen LogP contribution in [0, 0.1) is 0 Å². The van der Waals surface area contributed by atoms with Crippen LogP contribution in [0.5, 0.6) is 0 Å². The van der Waals surface area contributed by atoms with Gasteiger partial charge in [0, 0.05) is 12.4 Å². The fourth-order valence-electron chi connectivity index (χ4n) is 2.73. The van der Waals surface area contributed by atoms with Crippen LogP contribution in [0.15, 0.2) is 79.1 Å². The Morgan fingerprint density at radius 1 is 0.929 bits per heavy atom. The molecule has 2 N–H and O–H groups in total. The second-order valence-corrected chi connectivity index (χ2v) is 6.15. The zero-order valence-electron chi connectivity index (χ0n) is 15.0. The molecule has 3 rings (SSSR count). The van der Waals surface area contributed by atoms with Crippen LogP contribution in [-0.2, 0) is 11.2 Å². The Balaban J connectivity index is 1.73. The van der Waals surface area contributed by atoms with Crippen molar-refractivity contribution in [3.8, 4) is 0 Å². The summed E-state index contributed by atoms with van der Waals surface area (Å²) in [7, 11) is 0. The summed E-state index contributed by atoms with van der Waals surface area (Å²) in [6.07, 6.45) is 4.12. The molecule has 0 aliphatic carbocycles. The molecule has 0 fully saturated rings. The Hall–Kier alpha value is -3.80. The van der Waals surface area contributed by atoms with Crippen molar-refractivity contribution in [2.24, 2.45) is 0 Å². The van der Waals surface area contributed by atoms with Gasteiger partial charge >= 0.3 is 0 Å². The molecule has 1 atom stereocenters. The van der Waals surface area contributed by atoms with Crippen molar-refractivity contribution in [2.75, 3.05) is 5.32 Å². The van der Waals surface area contributed by atoms with E-state index in [4.69, 9.17) is 0 Å². The van der Waals surface area contributed by atoms with Crippen molar-refractivity contribution >= 4 is 23.8 Å². The van der Waals surface area contributed by atoms with E-state index in [0.29, 0.717) is 24.0 Å². The largest absolute Gasteiger partial charge is 0.342 e. The first-order valence-corrected chi connectivity index (χ1v) is 8.78. The smallest absolute Gasteiger partial charge is 0.257 e. The number of nitrogens with one attached hydrogen (secondary N) is 2. The Morgan fingerprint density at radius 3 is 2.39 bits per heavy atom. The predicted octanol–water partition coefficient (Wildman–Crippen LogP) is 2.87. The average molecular weight is 373 g/mol. The van der Waals surface area contributed by atoms with Crippen molar-refractivity contribution in [1.82, 2.24) is 10.3 Å². The van der Waals surface area contributed by atoms with Gasteiger partial charge < -0.3 is 15.4 Å². The number of pyridine rings is 1. The second-order valence-electron chi connectivity index (χ2n) is 6.15. The van der Waals surface area contributed by atoms with Gasteiger partial charge in [0.1, 0.15) is 6.29 Å². The van der Waals surface area contributed by atoms with Crippen molar-refractivity contribution < 1.29 is 14.4 Å². The van der Waals surface area contributed by atoms with Gasteiger partial charge in [-0.3, -0.25) is 14.6 Å². The molecular weight excluding hydrogens is 354 g/mol. The van der Waals surface area contributed by atoms with Gasteiger partial charge in [0.2, 0.25) is 0 Å². The molecule has 0 aliphatic rings. The maximum absolute atomic E-state index is 12.7. The third kappa shape index (κ3) is 4.88. The van der Waals surface area contributed by atoms with Crippen LogP contribution < -0.4 is 10.6 Å². The number of hydrogen-bond donors (Lipinski definition) is 2. The number of aromatic nitrogens is 1. The number of hydrogen-bond acceptors (Lipinski definition) is 4. The van der Waals surface area contributed by atoms with E-state index < -0.39 is 11.9 Å². The molecule has 1 unspecified atom stereocenters. The quantitative estimate of drug-likeness (QED) is 0.624. The van der Waals surface area contributed by atoms with Gasteiger partial charge in [0.05, 0.1) is 22.9 Å². The number of anilines is 1. The number of rotatable bonds is 7. The molecule has 0 saturated heterocycles. The minimum absolute atomic E-state index is 0.277. The van der Waals surface area contributed by atoms with E-state index in [9.17, 15) is 14.4 Å². The van der Waals surface area contributed by atoms with Crippen molar-refractivity contribution in [2.45, 2.75) is 12.5 Å². The molecule has 3 aromatic rings. The van der Waals surface area contributed by atoms with E-state index in [-0.39, 0.29) is 11.5 Å². The number of aldehydes is 1. The van der Waals surface area contributed by atoms with E-state index in [2.05, 4.69) is 15.6 Å². The topological polar surface area (TPSA) is 88.2 Å². The lowest BCUT2D eigenvalue weighted by molar-refractivity contribution is -0.109. The Bertz CT molecular complexity index is 959. The van der Waals surface area contributed by atoms with Crippen molar-refractivity contribution in [3.05, 3.63) is 95.8 Å². The van der Waals surface area contributed by atoms with Crippen LogP contribution in [0.1, 0.15) is 26.3 Å². The summed E-state index contributed by atoms with van der Waals surface area (Å²) >= 11 is 0. The van der Waals surface area contributed by atoms with Crippen LogP contribution in [-0.4, -0.2) is 29.1 Å². The molecule has 0 bridgehead atoms. The average Bonchev–Trinajstić information content (AvgIpc) is 2.75. The first-order chi connectivity index (χ1) is 13.7. The van der Waals surface area contributed by atoms with Gasteiger partial charge in [-0.15, -0.1) is 0 Å². The first kappa shape index (κ1) is 19.0. The van der Waals surface area contributed by atoms with E-state index in [1.54, 1.807) is 42.6 Å². The van der Waals surface area contributed by atoms with Gasteiger partial charge in [-0.05, 0) is 36.2 Å². The maximum atomic E-state index is 12.7. The van der Waals surface area contributed by atoms with Gasteiger partial charge in [0.15, 0.2) is 0 Å². The van der Waals surface area contributed by atoms with Crippen LogP contribution in [0.2, 0.25) is 0 Å². The van der Waals surface area contributed by atoms with Crippen molar-refractivity contribution in [1.29, 1.82) is 0 Å². The fourth-order valence-corrected chi connectivity index (χ4v) is 2.73. The minimum atomic E-state index is -0.669. The highest BCUT2D eigenvalue weighted by Crippen LogP contribution is 2.16. The molecule has 28 heavy (non-hydrogen) atoms. The van der Waals surface area contributed by atoms with Crippen LogP contribution >= 0.6 is 0 Å². The summed E-state index contributed by atoms with van der Waals surface area (Å²) in [5.41, 5.74) is 1.96. The molecule has 0 saturated carbocycles. The zero-order valence-corrected chi connectivity index (χ0v) is 15.0. The summed E-state index contributed by atoms with van der Waals surface area (Å²) in [5.74, 6) is -0.806. The van der Waals surface area contributed by atoms with Gasteiger partial charge in [-0.25, -0.2) is 0 Å². The molecule has 0 radical (unpaired) electrons. The summed E-state index contributed by atoms with van der Waals surface area (Å²) < 4.78 is 0. The Morgan fingerprint density at radius 2 is 1.68 bits per heavy atom. The van der Waals surface area contributed by atoms with E-state index in [1.807, 2.05) is 30.3 Å². The Kier molecular flexibility index (Phi) is 6.25. The summed E-state index contributed by atoms with van der Waals surface area (Å²) in [6.45, 7) is 0. The zero-order chi connectivity index (χ0) is 19.8. The highest BCUT2D eigenvalue weighted by atomic mass is 16.2. The summed E-state index contributed by atoms with van der Waals surface area (Å²) in [5, 5.41) is 5.43. The maximum Gasteiger partial charge on any atom is 0.257 e. The fraction of sp³-hybridized carbons (Fsp3) is 0.0909. The first-order valence-electron chi connectivity index (χ1n) is 8.78. The van der Waals surface area contributed by atoms with Crippen LogP contribution in [0.25, 0.3) is 0 Å². The second kappa shape index (κ2) is 9.23.